The zero-order valence-electron chi connectivity index (χ0n) is 20.5. The summed E-state index contributed by atoms with van der Waals surface area (Å²) in [4.78, 5) is 37.1. The molecule has 1 N–H and O–H groups in total. The van der Waals surface area contributed by atoms with Gasteiger partial charge in [0.25, 0.3) is 5.91 Å². The first kappa shape index (κ1) is 24.9. The molecule has 1 aromatic carbocycles. The van der Waals surface area contributed by atoms with Crippen molar-refractivity contribution in [3.8, 4) is 17.1 Å². The van der Waals surface area contributed by atoms with Crippen molar-refractivity contribution in [2.45, 2.75) is 50.5 Å². The highest BCUT2D eigenvalue weighted by Gasteiger charge is 2.45. The summed E-state index contributed by atoms with van der Waals surface area (Å²) in [5.41, 5.74) is 0.748. The number of hydrogen-bond donors (Lipinski definition) is 1. The number of amides is 2. The van der Waals surface area contributed by atoms with Crippen molar-refractivity contribution in [1.82, 2.24) is 25.3 Å². The van der Waals surface area contributed by atoms with E-state index in [1.54, 1.807) is 23.4 Å². The Labute approximate surface area is 214 Å². The van der Waals surface area contributed by atoms with Crippen molar-refractivity contribution in [2.75, 3.05) is 19.7 Å². The second-order valence-electron chi connectivity index (χ2n) is 9.58. The van der Waals surface area contributed by atoms with Crippen molar-refractivity contribution in [3.05, 3.63) is 60.5 Å². The van der Waals surface area contributed by atoms with Crippen LogP contribution in [0.15, 0.2) is 53.3 Å². The van der Waals surface area contributed by atoms with E-state index in [2.05, 4.69) is 20.4 Å². The summed E-state index contributed by atoms with van der Waals surface area (Å²) in [5, 5.41) is 7.17. The van der Waals surface area contributed by atoms with E-state index in [-0.39, 0.29) is 36.2 Å². The quantitative estimate of drug-likeness (QED) is 0.560. The Hall–Kier alpha value is -3.82. The number of pyridine rings is 1. The van der Waals surface area contributed by atoms with Crippen LogP contribution in [0, 0.1) is 11.7 Å². The Morgan fingerprint density at radius 2 is 1.97 bits per heavy atom. The molecule has 2 amide bonds. The highest BCUT2D eigenvalue weighted by Crippen LogP contribution is 2.41. The zero-order chi connectivity index (χ0) is 25.6. The van der Waals surface area contributed by atoms with Gasteiger partial charge in [-0.1, -0.05) is 18.0 Å². The number of nitrogens with one attached hydrogen (secondary N) is 1. The molecule has 5 rings (SSSR count). The highest BCUT2D eigenvalue weighted by atomic mass is 19.1. The van der Waals surface area contributed by atoms with E-state index in [1.165, 1.54) is 24.3 Å². The summed E-state index contributed by atoms with van der Waals surface area (Å²) < 4.78 is 24.5. The molecule has 2 aromatic heterocycles. The molecule has 1 saturated heterocycles. The molecule has 1 aliphatic carbocycles. The SMILES string of the molecule is O=C1NCCCCCCN(C(=O)COc2ccc(F)cc2)[C@H]2C[C@H](c3nc(-c4cccnc4)no3)C[C@@H]12. The molecule has 10 heteroatoms. The zero-order valence-corrected chi connectivity index (χ0v) is 20.5. The first-order valence-electron chi connectivity index (χ1n) is 12.8. The van der Waals surface area contributed by atoms with Crippen LogP contribution in [0.25, 0.3) is 11.4 Å². The second kappa shape index (κ2) is 11.5. The third-order valence-corrected chi connectivity index (χ3v) is 7.10. The average molecular weight is 508 g/mol. The number of aromatic nitrogens is 3. The lowest BCUT2D eigenvalue weighted by Gasteiger charge is -2.32. The van der Waals surface area contributed by atoms with Crippen molar-refractivity contribution >= 4 is 11.8 Å². The van der Waals surface area contributed by atoms with Gasteiger partial charge in [-0.2, -0.15) is 4.98 Å². The number of halogens is 1. The van der Waals surface area contributed by atoms with Crippen LogP contribution in [0.4, 0.5) is 4.39 Å². The van der Waals surface area contributed by atoms with Crippen molar-refractivity contribution in [3.63, 3.8) is 0 Å². The minimum absolute atomic E-state index is 0.0568. The third kappa shape index (κ3) is 5.95. The Bertz CT molecular complexity index is 1200. The monoisotopic (exact) mass is 507 g/mol. The van der Waals surface area contributed by atoms with Crippen LogP contribution in [-0.4, -0.2) is 57.6 Å². The van der Waals surface area contributed by atoms with Crippen LogP contribution < -0.4 is 10.1 Å². The number of carbonyl (C=O) groups excluding carboxylic acids is 2. The Morgan fingerprint density at radius 1 is 1.14 bits per heavy atom. The van der Waals surface area contributed by atoms with E-state index in [0.717, 1.165) is 31.2 Å². The topological polar surface area (TPSA) is 110 Å². The van der Waals surface area contributed by atoms with Gasteiger partial charge in [0.1, 0.15) is 11.6 Å². The predicted octanol–water partition coefficient (Wildman–Crippen LogP) is 3.73. The van der Waals surface area contributed by atoms with E-state index in [1.807, 2.05) is 6.07 Å². The normalized spacial score (nSPS) is 22.6. The van der Waals surface area contributed by atoms with Gasteiger partial charge in [-0.3, -0.25) is 14.6 Å². The van der Waals surface area contributed by atoms with Crippen molar-refractivity contribution in [2.24, 2.45) is 5.92 Å². The molecule has 2 fully saturated rings. The fraction of sp³-hybridized carbons (Fsp3) is 0.444. The molecular weight excluding hydrogens is 477 g/mol. The lowest BCUT2D eigenvalue weighted by atomic mass is 10.00. The van der Waals surface area contributed by atoms with Gasteiger partial charge in [0.05, 0.1) is 5.92 Å². The predicted molar refractivity (Wildman–Crippen MR) is 132 cm³/mol. The summed E-state index contributed by atoms with van der Waals surface area (Å²) in [6, 6.07) is 8.91. The lowest BCUT2D eigenvalue weighted by Crippen LogP contribution is -2.48. The molecule has 3 atom stereocenters. The van der Waals surface area contributed by atoms with Gasteiger partial charge in [0.2, 0.25) is 17.6 Å². The average Bonchev–Trinajstić information content (AvgIpc) is 3.57. The second-order valence-corrected chi connectivity index (χ2v) is 9.58. The number of fused-ring (bicyclic) bond motifs is 1. The summed E-state index contributed by atoms with van der Waals surface area (Å²) in [6.07, 6.45) is 8.10. The molecule has 9 nitrogen and oxygen atoms in total. The molecule has 37 heavy (non-hydrogen) atoms. The van der Waals surface area contributed by atoms with E-state index in [0.29, 0.717) is 43.4 Å². The van der Waals surface area contributed by atoms with Crippen molar-refractivity contribution in [1.29, 1.82) is 0 Å². The number of hydrogen-bond acceptors (Lipinski definition) is 7. The number of carbonyl (C=O) groups is 2. The molecule has 2 aliphatic rings. The Balaban J connectivity index is 1.36. The molecule has 0 radical (unpaired) electrons. The standard InChI is InChI=1S/C27H30FN5O4/c28-20-7-9-21(10-8-20)36-17-24(34)33-13-4-2-1-3-12-30-26(35)22-14-19(15-23(22)33)27-31-25(32-37-27)18-6-5-11-29-16-18/h5-11,16,19,22-23H,1-4,12-15,17H2,(H,30,35)/t19-,22-,23+/m1/s1. The molecule has 3 heterocycles. The largest absolute Gasteiger partial charge is 0.484 e. The molecule has 0 bridgehead atoms. The smallest absolute Gasteiger partial charge is 0.260 e. The van der Waals surface area contributed by atoms with Gasteiger partial charge in [-0.05, 0) is 62.1 Å². The van der Waals surface area contributed by atoms with Crippen LogP contribution in [-0.2, 0) is 9.59 Å². The van der Waals surface area contributed by atoms with Crippen molar-refractivity contribution < 1.29 is 23.2 Å². The minimum atomic E-state index is -0.397. The Morgan fingerprint density at radius 3 is 2.78 bits per heavy atom. The van der Waals surface area contributed by atoms with Gasteiger partial charge in [0, 0.05) is 43.0 Å². The highest BCUT2D eigenvalue weighted by molar-refractivity contribution is 5.83. The van der Waals surface area contributed by atoms with Crippen LogP contribution in [0.3, 0.4) is 0 Å². The minimum Gasteiger partial charge on any atom is -0.484 e. The van der Waals surface area contributed by atoms with Gasteiger partial charge < -0.3 is 19.5 Å². The van der Waals surface area contributed by atoms with Crippen LogP contribution >= 0.6 is 0 Å². The fourth-order valence-electron chi connectivity index (χ4n) is 5.19. The number of benzene rings is 1. The number of ether oxygens (including phenoxy) is 1. The molecule has 0 spiro atoms. The van der Waals surface area contributed by atoms with Gasteiger partial charge >= 0.3 is 0 Å². The lowest BCUT2D eigenvalue weighted by molar-refractivity contribution is -0.138. The van der Waals surface area contributed by atoms with E-state index >= 15 is 0 Å². The number of nitrogens with zero attached hydrogens (tertiary/aromatic N) is 4. The molecular formula is C27H30FN5O4. The summed E-state index contributed by atoms with van der Waals surface area (Å²) in [6.45, 7) is 0.977. The first-order valence-corrected chi connectivity index (χ1v) is 12.8. The third-order valence-electron chi connectivity index (χ3n) is 7.10. The van der Waals surface area contributed by atoms with Crippen LogP contribution in [0.5, 0.6) is 5.75 Å². The molecule has 1 saturated carbocycles. The molecule has 194 valence electrons. The summed E-state index contributed by atoms with van der Waals surface area (Å²) in [7, 11) is 0. The fourth-order valence-corrected chi connectivity index (χ4v) is 5.19. The maximum Gasteiger partial charge on any atom is 0.260 e. The summed E-state index contributed by atoms with van der Waals surface area (Å²) in [5.74, 6) is 0.141. The first-order chi connectivity index (χ1) is 18.1. The molecule has 1 aliphatic heterocycles. The number of rotatable bonds is 5. The maximum atomic E-state index is 13.4. The maximum absolute atomic E-state index is 13.4. The molecule has 3 aromatic rings. The van der Waals surface area contributed by atoms with E-state index in [9.17, 15) is 14.0 Å². The molecule has 0 unspecified atom stereocenters. The van der Waals surface area contributed by atoms with E-state index < -0.39 is 5.92 Å². The van der Waals surface area contributed by atoms with Crippen LogP contribution in [0.1, 0.15) is 50.3 Å². The van der Waals surface area contributed by atoms with Gasteiger partial charge in [0.15, 0.2) is 6.61 Å². The Kier molecular flexibility index (Phi) is 7.72. The van der Waals surface area contributed by atoms with Crippen LogP contribution in [0.2, 0.25) is 0 Å². The van der Waals surface area contributed by atoms with E-state index in [4.69, 9.17) is 9.26 Å². The van der Waals surface area contributed by atoms with Gasteiger partial charge in [-0.15, -0.1) is 0 Å². The summed E-state index contributed by atoms with van der Waals surface area (Å²) >= 11 is 0. The van der Waals surface area contributed by atoms with Gasteiger partial charge in [-0.25, -0.2) is 4.39 Å².